The Balaban J connectivity index is 2.39. The SMILES string of the molecule is CC(=O)C1(C)Cc2ccc(C)cc2C1. The van der Waals surface area contributed by atoms with E-state index in [9.17, 15) is 4.79 Å². The zero-order chi connectivity index (χ0) is 10.3. The van der Waals surface area contributed by atoms with Crippen molar-refractivity contribution < 1.29 is 4.79 Å². The summed E-state index contributed by atoms with van der Waals surface area (Å²) in [5.41, 5.74) is 3.86. The van der Waals surface area contributed by atoms with Gasteiger partial charge in [0, 0.05) is 5.41 Å². The highest BCUT2D eigenvalue weighted by atomic mass is 16.1. The van der Waals surface area contributed by atoms with Crippen molar-refractivity contribution in [2.45, 2.75) is 33.6 Å². The number of benzene rings is 1. The number of carbonyl (C=O) groups is 1. The molecule has 0 aliphatic heterocycles. The summed E-state index contributed by atoms with van der Waals surface area (Å²) in [7, 11) is 0. The summed E-state index contributed by atoms with van der Waals surface area (Å²) in [4.78, 5) is 11.5. The molecule has 0 heterocycles. The number of Topliss-reactive ketones (excluding diaryl/α,β-unsaturated/α-hetero) is 1. The molecule has 0 fully saturated rings. The Hall–Kier alpha value is -1.11. The van der Waals surface area contributed by atoms with Crippen LogP contribution < -0.4 is 0 Å². The molecule has 0 aromatic heterocycles. The van der Waals surface area contributed by atoms with Gasteiger partial charge in [-0.25, -0.2) is 0 Å². The fraction of sp³-hybridized carbons (Fsp3) is 0.462. The molecule has 1 aromatic rings. The monoisotopic (exact) mass is 188 g/mol. The van der Waals surface area contributed by atoms with Gasteiger partial charge in [-0.3, -0.25) is 4.79 Å². The van der Waals surface area contributed by atoms with Gasteiger partial charge in [-0.15, -0.1) is 0 Å². The minimum Gasteiger partial charge on any atom is -0.299 e. The van der Waals surface area contributed by atoms with Gasteiger partial charge in [-0.2, -0.15) is 0 Å². The number of hydrogen-bond acceptors (Lipinski definition) is 1. The summed E-state index contributed by atoms with van der Waals surface area (Å²) < 4.78 is 0. The molecule has 74 valence electrons. The predicted octanol–water partition coefficient (Wildman–Crippen LogP) is 2.69. The second-order valence-corrected chi connectivity index (χ2v) is 4.74. The highest BCUT2D eigenvalue weighted by molar-refractivity contribution is 5.83. The van der Waals surface area contributed by atoms with E-state index in [1.807, 2.05) is 0 Å². The Morgan fingerprint density at radius 1 is 1.29 bits per heavy atom. The number of carbonyl (C=O) groups excluding carboxylic acids is 1. The van der Waals surface area contributed by atoms with Gasteiger partial charge in [-0.1, -0.05) is 30.7 Å². The molecule has 0 saturated heterocycles. The van der Waals surface area contributed by atoms with E-state index in [0.717, 1.165) is 12.8 Å². The molecular formula is C13H16O. The maximum absolute atomic E-state index is 11.5. The lowest BCUT2D eigenvalue weighted by atomic mass is 9.83. The molecule has 14 heavy (non-hydrogen) atoms. The molecule has 0 spiro atoms. The zero-order valence-corrected chi connectivity index (χ0v) is 9.05. The van der Waals surface area contributed by atoms with Gasteiger partial charge in [-0.05, 0) is 37.8 Å². The maximum atomic E-state index is 11.5. The van der Waals surface area contributed by atoms with E-state index < -0.39 is 0 Å². The Labute approximate surface area is 85.1 Å². The van der Waals surface area contributed by atoms with Crippen molar-refractivity contribution in [3.63, 3.8) is 0 Å². The molecule has 1 unspecified atom stereocenters. The first-order valence-electron chi connectivity index (χ1n) is 5.11. The Morgan fingerprint density at radius 2 is 1.93 bits per heavy atom. The van der Waals surface area contributed by atoms with Gasteiger partial charge in [0.05, 0.1) is 0 Å². The molecule has 0 amide bonds. The lowest BCUT2D eigenvalue weighted by Crippen LogP contribution is -2.25. The van der Waals surface area contributed by atoms with Crippen LogP contribution in [0.1, 0.15) is 30.5 Å². The maximum Gasteiger partial charge on any atom is 0.136 e. The van der Waals surface area contributed by atoms with Crippen LogP contribution in [0, 0.1) is 12.3 Å². The van der Waals surface area contributed by atoms with Gasteiger partial charge < -0.3 is 0 Å². The van der Waals surface area contributed by atoms with Crippen molar-refractivity contribution in [3.05, 3.63) is 34.9 Å². The van der Waals surface area contributed by atoms with Crippen LogP contribution in [0.3, 0.4) is 0 Å². The van der Waals surface area contributed by atoms with Crippen molar-refractivity contribution in [1.82, 2.24) is 0 Å². The molecule has 0 radical (unpaired) electrons. The van der Waals surface area contributed by atoms with E-state index >= 15 is 0 Å². The molecule has 1 aliphatic rings. The topological polar surface area (TPSA) is 17.1 Å². The minimum absolute atomic E-state index is 0.143. The number of hydrogen-bond donors (Lipinski definition) is 0. The standard InChI is InChI=1S/C13H16O/c1-9-4-5-11-7-13(3,10(2)14)8-12(11)6-9/h4-6H,7-8H2,1-3H3. The van der Waals surface area contributed by atoms with Crippen LogP contribution in [0.15, 0.2) is 18.2 Å². The number of ketones is 1. The summed E-state index contributed by atoms with van der Waals surface area (Å²) in [5, 5.41) is 0. The molecule has 0 N–H and O–H groups in total. The van der Waals surface area contributed by atoms with E-state index in [-0.39, 0.29) is 5.41 Å². The third-order valence-electron chi connectivity index (χ3n) is 3.37. The lowest BCUT2D eigenvalue weighted by Gasteiger charge is -2.18. The fourth-order valence-electron chi connectivity index (χ4n) is 2.24. The van der Waals surface area contributed by atoms with Gasteiger partial charge in [0.1, 0.15) is 5.78 Å². The Kier molecular flexibility index (Phi) is 1.99. The van der Waals surface area contributed by atoms with E-state index in [0.29, 0.717) is 5.78 Å². The molecule has 1 nitrogen and oxygen atoms in total. The largest absolute Gasteiger partial charge is 0.299 e. The molecular weight excluding hydrogens is 172 g/mol. The molecule has 2 rings (SSSR count). The number of rotatable bonds is 1. The highest BCUT2D eigenvalue weighted by Crippen LogP contribution is 2.37. The Bertz CT molecular complexity index is 392. The first-order valence-corrected chi connectivity index (χ1v) is 5.11. The number of aryl methyl sites for hydroxylation is 1. The molecule has 0 bridgehead atoms. The highest BCUT2D eigenvalue weighted by Gasteiger charge is 2.36. The normalized spacial score (nSPS) is 24.8. The summed E-state index contributed by atoms with van der Waals surface area (Å²) in [6.07, 6.45) is 1.83. The van der Waals surface area contributed by atoms with Crippen molar-refractivity contribution in [1.29, 1.82) is 0 Å². The second kappa shape index (κ2) is 2.94. The predicted molar refractivity (Wildman–Crippen MR) is 57.4 cm³/mol. The van der Waals surface area contributed by atoms with Crippen LogP contribution in [0.25, 0.3) is 0 Å². The van der Waals surface area contributed by atoms with Gasteiger partial charge in [0.15, 0.2) is 0 Å². The van der Waals surface area contributed by atoms with Crippen LogP contribution in [0.4, 0.5) is 0 Å². The molecule has 1 aliphatic carbocycles. The van der Waals surface area contributed by atoms with Gasteiger partial charge in [0.25, 0.3) is 0 Å². The van der Waals surface area contributed by atoms with Crippen molar-refractivity contribution in [3.8, 4) is 0 Å². The average Bonchev–Trinajstić information content (AvgIpc) is 2.42. The molecule has 1 aromatic carbocycles. The molecule has 0 saturated carbocycles. The zero-order valence-electron chi connectivity index (χ0n) is 9.05. The summed E-state index contributed by atoms with van der Waals surface area (Å²) in [5.74, 6) is 0.311. The third kappa shape index (κ3) is 1.37. The van der Waals surface area contributed by atoms with Gasteiger partial charge >= 0.3 is 0 Å². The quantitative estimate of drug-likeness (QED) is 0.662. The van der Waals surface area contributed by atoms with Crippen LogP contribution in [0.5, 0.6) is 0 Å². The van der Waals surface area contributed by atoms with E-state index in [2.05, 4.69) is 32.0 Å². The summed E-state index contributed by atoms with van der Waals surface area (Å²) >= 11 is 0. The van der Waals surface area contributed by atoms with Crippen molar-refractivity contribution >= 4 is 5.78 Å². The minimum atomic E-state index is -0.143. The number of fused-ring (bicyclic) bond motifs is 1. The Morgan fingerprint density at radius 3 is 2.57 bits per heavy atom. The van der Waals surface area contributed by atoms with Crippen molar-refractivity contribution in [2.75, 3.05) is 0 Å². The van der Waals surface area contributed by atoms with E-state index in [4.69, 9.17) is 0 Å². The van der Waals surface area contributed by atoms with Crippen LogP contribution in [-0.2, 0) is 17.6 Å². The van der Waals surface area contributed by atoms with Crippen molar-refractivity contribution in [2.24, 2.45) is 5.41 Å². The van der Waals surface area contributed by atoms with Crippen LogP contribution >= 0.6 is 0 Å². The second-order valence-electron chi connectivity index (χ2n) is 4.74. The van der Waals surface area contributed by atoms with Crippen LogP contribution in [0.2, 0.25) is 0 Å². The lowest BCUT2D eigenvalue weighted by molar-refractivity contribution is -0.125. The van der Waals surface area contributed by atoms with Gasteiger partial charge in [0.2, 0.25) is 0 Å². The smallest absolute Gasteiger partial charge is 0.136 e. The average molecular weight is 188 g/mol. The van der Waals surface area contributed by atoms with E-state index in [1.165, 1.54) is 16.7 Å². The molecule has 1 heteroatoms. The first kappa shape index (κ1) is 9.45. The van der Waals surface area contributed by atoms with Crippen LogP contribution in [-0.4, -0.2) is 5.78 Å². The third-order valence-corrected chi connectivity index (χ3v) is 3.37. The first-order chi connectivity index (χ1) is 6.51. The summed E-state index contributed by atoms with van der Waals surface area (Å²) in [6.45, 7) is 5.88. The summed E-state index contributed by atoms with van der Waals surface area (Å²) in [6, 6.07) is 6.51. The fourth-order valence-corrected chi connectivity index (χ4v) is 2.24. The molecule has 1 atom stereocenters. The van der Waals surface area contributed by atoms with E-state index in [1.54, 1.807) is 6.92 Å².